The number of phenols is 1. The predicted octanol–water partition coefficient (Wildman–Crippen LogP) is -0.657. The van der Waals surface area contributed by atoms with Crippen molar-refractivity contribution >= 4 is 87.4 Å². The number of nitrogens with one attached hydrogen (secondary N) is 2. The standard InChI is InChI=1S/C26H20ClN7O10S3.K.Na/c1-13-6-2-3-7-16(13)28-25-30-24(27)31-26(32-25)29-18-12-15(45(36,37)38)10-14-11-20(47(42,43)44)22(23(35)21(14)18)34-33-17-8-4-5-9-19(17)46(39,40)41;;/h2-12,35H,1H3,(H,36,37,38)(H,39,40,41)(H,42,43,44)(H2,28,29,30,31,32);;/q;2*+1. The summed E-state index contributed by atoms with van der Waals surface area (Å²) in [5.41, 5.74) is -0.285. The number of fused-ring (bicyclic) bond motifs is 1. The van der Waals surface area contributed by atoms with Crippen molar-refractivity contribution in [2.24, 2.45) is 10.2 Å². The second kappa shape index (κ2) is 16.0. The van der Waals surface area contributed by atoms with Gasteiger partial charge in [-0.1, -0.05) is 30.3 Å². The molecule has 0 radical (unpaired) electrons. The van der Waals surface area contributed by atoms with Crippen molar-refractivity contribution in [2.45, 2.75) is 21.6 Å². The summed E-state index contributed by atoms with van der Waals surface area (Å²) in [6, 6.07) is 14.2. The van der Waals surface area contributed by atoms with Crippen LogP contribution in [0.15, 0.2) is 91.6 Å². The first kappa shape index (κ1) is 41.2. The van der Waals surface area contributed by atoms with Crippen molar-refractivity contribution in [3.8, 4) is 5.75 Å². The molecule has 6 N–H and O–H groups in total. The van der Waals surface area contributed by atoms with Gasteiger partial charge in [0.15, 0.2) is 5.75 Å². The van der Waals surface area contributed by atoms with Gasteiger partial charge in [0, 0.05) is 11.1 Å². The number of azo groups is 1. The Kier molecular flexibility index (Phi) is 13.5. The molecular formula is C26H20ClKN7NaO10S3+2. The number of hydrogen-bond acceptors (Lipinski definition) is 14. The molecule has 0 unspecified atom stereocenters. The minimum absolute atomic E-state index is 0. The number of phenolic OH excluding ortho intramolecular Hbond substituents is 1. The van der Waals surface area contributed by atoms with Crippen LogP contribution in [0.25, 0.3) is 10.8 Å². The number of rotatable bonds is 9. The number of benzene rings is 4. The molecule has 0 bridgehead atoms. The average molecular weight is 784 g/mol. The number of halogens is 1. The van der Waals surface area contributed by atoms with E-state index in [9.17, 15) is 44.0 Å². The van der Waals surface area contributed by atoms with Crippen LogP contribution in [0.5, 0.6) is 5.75 Å². The molecule has 0 fully saturated rings. The van der Waals surface area contributed by atoms with E-state index in [4.69, 9.17) is 11.6 Å². The summed E-state index contributed by atoms with van der Waals surface area (Å²) < 4.78 is 102. The Labute approximate surface area is 348 Å². The van der Waals surface area contributed by atoms with E-state index in [1.165, 1.54) is 12.1 Å². The molecule has 244 valence electrons. The molecule has 5 aromatic rings. The normalized spacial score (nSPS) is 11.9. The van der Waals surface area contributed by atoms with Crippen LogP contribution < -0.4 is 91.6 Å². The molecular weight excluding hydrogens is 764 g/mol. The second-order valence-electron chi connectivity index (χ2n) is 9.55. The molecule has 0 aliphatic heterocycles. The number of anilines is 4. The summed E-state index contributed by atoms with van der Waals surface area (Å²) in [6.45, 7) is 1.82. The fourth-order valence-electron chi connectivity index (χ4n) is 4.28. The van der Waals surface area contributed by atoms with Gasteiger partial charge in [-0.2, -0.15) is 40.2 Å². The zero-order valence-electron chi connectivity index (χ0n) is 25.4. The van der Waals surface area contributed by atoms with Gasteiger partial charge >= 0.3 is 80.9 Å². The third-order valence-electron chi connectivity index (χ3n) is 6.35. The molecule has 0 atom stereocenters. The molecule has 1 heterocycles. The van der Waals surface area contributed by atoms with Crippen molar-refractivity contribution in [2.75, 3.05) is 10.6 Å². The van der Waals surface area contributed by atoms with Gasteiger partial charge in [0.25, 0.3) is 30.4 Å². The van der Waals surface area contributed by atoms with E-state index in [-0.39, 0.29) is 115 Å². The monoisotopic (exact) mass is 783 g/mol. The Balaban J connectivity index is 0.00000325. The number of aromatic hydroxyl groups is 1. The van der Waals surface area contributed by atoms with Crippen molar-refractivity contribution < 1.29 is 125 Å². The zero-order chi connectivity index (χ0) is 34.3. The molecule has 5 rings (SSSR count). The van der Waals surface area contributed by atoms with Gasteiger partial charge in [-0.15, -0.1) is 10.2 Å². The summed E-state index contributed by atoms with van der Waals surface area (Å²) in [6.07, 6.45) is 0. The van der Waals surface area contributed by atoms with Crippen LogP contribution in [0.4, 0.5) is 34.6 Å². The zero-order valence-corrected chi connectivity index (χ0v) is 33.8. The maximum Gasteiger partial charge on any atom is 1.00 e. The summed E-state index contributed by atoms with van der Waals surface area (Å²) >= 11 is 6.11. The first-order chi connectivity index (χ1) is 21.9. The molecule has 0 saturated heterocycles. The quantitative estimate of drug-likeness (QED) is 0.0616. The Morgan fingerprint density at radius 3 is 1.88 bits per heavy atom. The number of nitrogens with zero attached hydrogens (tertiary/aromatic N) is 5. The molecule has 0 saturated carbocycles. The van der Waals surface area contributed by atoms with E-state index in [1.807, 2.05) is 19.1 Å². The van der Waals surface area contributed by atoms with Gasteiger partial charge in [-0.3, -0.25) is 13.7 Å². The molecule has 17 nitrogen and oxygen atoms in total. The van der Waals surface area contributed by atoms with Crippen LogP contribution in [-0.4, -0.2) is 59.0 Å². The van der Waals surface area contributed by atoms with Gasteiger partial charge in [-0.05, 0) is 65.9 Å². The Morgan fingerprint density at radius 1 is 0.714 bits per heavy atom. The number of aryl methyl sites for hydroxylation is 1. The van der Waals surface area contributed by atoms with E-state index in [0.29, 0.717) is 5.69 Å². The molecule has 49 heavy (non-hydrogen) atoms. The minimum atomic E-state index is -5.23. The van der Waals surface area contributed by atoms with Crippen LogP contribution in [-0.2, 0) is 30.4 Å². The topological polar surface area (TPSA) is 271 Å². The first-order valence-electron chi connectivity index (χ1n) is 12.7. The first-order valence-corrected chi connectivity index (χ1v) is 17.4. The van der Waals surface area contributed by atoms with E-state index in [0.717, 1.165) is 35.9 Å². The van der Waals surface area contributed by atoms with E-state index >= 15 is 0 Å². The van der Waals surface area contributed by atoms with Crippen LogP contribution in [0.1, 0.15) is 5.56 Å². The van der Waals surface area contributed by atoms with Crippen molar-refractivity contribution in [1.82, 2.24) is 15.0 Å². The Hall–Kier alpha value is -2.19. The van der Waals surface area contributed by atoms with E-state index < -0.39 is 62.2 Å². The van der Waals surface area contributed by atoms with E-state index in [1.54, 1.807) is 12.1 Å². The van der Waals surface area contributed by atoms with Crippen LogP contribution in [0.2, 0.25) is 5.28 Å². The third-order valence-corrected chi connectivity index (χ3v) is 9.11. The molecule has 0 amide bonds. The van der Waals surface area contributed by atoms with Crippen LogP contribution in [0, 0.1) is 6.92 Å². The van der Waals surface area contributed by atoms with Gasteiger partial charge in [-0.25, -0.2) is 0 Å². The molecule has 0 aliphatic carbocycles. The SMILES string of the molecule is Cc1ccccc1Nc1nc(Cl)nc(Nc2cc(S(=O)(=O)O)cc3cc(S(=O)(=O)O)c(N=Nc4ccccc4S(=O)(=O)O)c(O)c23)n1.[K+].[Na+]. The fraction of sp³-hybridized carbons (Fsp3) is 0.0385. The number of hydrogen-bond donors (Lipinski definition) is 6. The third kappa shape index (κ3) is 9.78. The Morgan fingerprint density at radius 2 is 1.29 bits per heavy atom. The van der Waals surface area contributed by atoms with Crippen LogP contribution in [0.3, 0.4) is 0 Å². The maximum absolute atomic E-state index is 12.4. The number of para-hydroxylation sites is 1. The van der Waals surface area contributed by atoms with Crippen LogP contribution >= 0.6 is 11.6 Å². The second-order valence-corrected chi connectivity index (χ2v) is 14.1. The maximum atomic E-state index is 12.4. The summed E-state index contributed by atoms with van der Waals surface area (Å²) in [5.74, 6) is -1.37. The minimum Gasteiger partial charge on any atom is -0.505 e. The Bertz CT molecular complexity index is 2460. The average Bonchev–Trinajstić information content (AvgIpc) is 2.96. The molecule has 4 aromatic carbocycles. The largest absolute Gasteiger partial charge is 1.00 e. The summed E-state index contributed by atoms with van der Waals surface area (Å²) in [7, 11) is -15.0. The van der Waals surface area contributed by atoms with Gasteiger partial charge < -0.3 is 15.7 Å². The molecule has 0 aliphatic rings. The molecule has 23 heteroatoms. The van der Waals surface area contributed by atoms with Gasteiger partial charge in [0.05, 0.1) is 10.6 Å². The van der Waals surface area contributed by atoms with Crippen molar-refractivity contribution in [3.63, 3.8) is 0 Å². The molecule has 0 spiro atoms. The summed E-state index contributed by atoms with van der Waals surface area (Å²) in [5, 5.41) is 23.3. The smallest absolute Gasteiger partial charge is 0.505 e. The predicted molar refractivity (Wildman–Crippen MR) is 168 cm³/mol. The number of aromatic nitrogens is 3. The van der Waals surface area contributed by atoms with Crippen molar-refractivity contribution in [3.05, 3.63) is 77.6 Å². The summed E-state index contributed by atoms with van der Waals surface area (Å²) in [4.78, 5) is 9.59. The molecule has 1 aromatic heterocycles. The fourth-order valence-corrected chi connectivity index (χ4v) is 6.26. The van der Waals surface area contributed by atoms with Crippen molar-refractivity contribution in [1.29, 1.82) is 0 Å². The van der Waals surface area contributed by atoms with Gasteiger partial charge in [0.2, 0.25) is 17.2 Å². The van der Waals surface area contributed by atoms with E-state index in [2.05, 4.69) is 35.8 Å². The van der Waals surface area contributed by atoms with Gasteiger partial charge in [0.1, 0.15) is 21.2 Å².